The number of halogens is 1. The molecule has 108 valence electrons. The lowest BCUT2D eigenvalue weighted by atomic mass is 10.3. The second-order valence-electron chi connectivity index (χ2n) is 4.06. The molecule has 1 atom stereocenters. The number of rotatable bonds is 7. The van der Waals surface area contributed by atoms with E-state index in [1.807, 2.05) is 0 Å². The van der Waals surface area contributed by atoms with Gasteiger partial charge in [0.1, 0.15) is 10.7 Å². The summed E-state index contributed by atoms with van der Waals surface area (Å²) in [6.45, 7) is 2.26. The summed E-state index contributed by atoms with van der Waals surface area (Å²) in [6.07, 6.45) is 1.86. The van der Waals surface area contributed by atoms with Crippen molar-refractivity contribution in [1.29, 1.82) is 0 Å². The van der Waals surface area contributed by atoms with E-state index in [0.717, 1.165) is 0 Å². The van der Waals surface area contributed by atoms with E-state index in [4.69, 9.17) is 16.3 Å². The van der Waals surface area contributed by atoms with E-state index >= 15 is 0 Å². The predicted octanol–water partition coefficient (Wildman–Crippen LogP) is 1.48. The molecule has 0 aliphatic heterocycles. The van der Waals surface area contributed by atoms with Crippen molar-refractivity contribution in [2.75, 3.05) is 26.1 Å². The van der Waals surface area contributed by atoms with E-state index in [9.17, 15) is 8.42 Å². The van der Waals surface area contributed by atoms with E-state index in [-0.39, 0.29) is 16.0 Å². The molecule has 2 N–H and O–H groups in total. The minimum atomic E-state index is -3.62. The predicted molar refractivity (Wildman–Crippen MR) is 75.1 cm³/mol. The lowest BCUT2D eigenvalue weighted by Gasteiger charge is -2.14. The number of pyridine rings is 1. The highest BCUT2D eigenvalue weighted by molar-refractivity contribution is 7.89. The molecule has 1 heterocycles. The molecule has 19 heavy (non-hydrogen) atoms. The highest BCUT2D eigenvalue weighted by Crippen LogP contribution is 2.22. The molecule has 0 aliphatic rings. The average molecular weight is 308 g/mol. The van der Waals surface area contributed by atoms with Crippen molar-refractivity contribution in [3.8, 4) is 0 Å². The van der Waals surface area contributed by atoms with E-state index in [2.05, 4.69) is 15.0 Å². The summed E-state index contributed by atoms with van der Waals surface area (Å²) in [7, 11) is -0.387. The van der Waals surface area contributed by atoms with Gasteiger partial charge in [-0.05, 0) is 19.4 Å². The Balaban J connectivity index is 2.85. The first-order valence-electron chi connectivity index (χ1n) is 5.75. The van der Waals surface area contributed by atoms with Crippen molar-refractivity contribution in [3.05, 3.63) is 17.3 Å². The summed E-state index contributed by atoms with van der Waals surface area (Å²) in [5, 5.41) is 3.03. The van der Waals surface area contributed by atoms with Crippen LogP contribution in [0, 0.1) is 0 Å². The maximum absolute atomic E-state index is 12.1. The van der Waals surface area contributed by atoms with Crippen LogP contribution in [-0.4, -0.2) is 40.2 Å². The lowest BCUT2D eigenvalue weighted by molar-refractivity contribution is 0.188. The molecule has 1 rings (SSSR count). The number of nitrogens with one attached hydrogen (secondary N) is 2. The van der Waals surface area contributed by atoms with Gasteiger partial charge in [-0.25, -0.2) is 18.1 Å². The zero-order valence-corrected chi connectivity index (χ0v) is 12.7. The molecule has 0 saturated carbocycles. The lowest BCUT2D eigenvalue weighted by Crippen LogP contribution is -2.33. The molecular weight excluding hydrogens is 290 g/mol. The van der Waals surface area contributed by atoms with Gasteiger partial charge >= 0.3 is 0 Å². The van der Waals surface area contributed by atoms with Crippen LogP contribution in [0.2, 0.25) is 5.02 Å². The van der Waals surface area contributed by atoms with Crippen LogP contribution in [-0.2, 0) is 14.8 Å². The fraction of sp³-hybridized carbons (Fsp3) is 0.545. The molecule has 1 unspecified atom stereocenters. The van der Waals surface area contributed by atoms with Crippen LogP contribution >= 0.6 is 11.6 Å². The number of ether oxygens (including phenoxy) is 1. The Morgan fingerprint density at radius 2 is 2.21 bits per heavy atom. The molecule has 0 amide bonds. The van der Waals surface area contributed by atoms with Gasteiger partial charge in [-0.2, -0.15) is 0 Å². The number of nitrogens with zero attached hydrogens (tertiary/aromatic N) is 1. The SMILES string of the molecule is CNc1ncc(S(=O)(=O)NC(C)CCOC)cc1Cl. The van der Waals surface area contributed by atoms with Gasteiger partial charge < -0.3 is 10.1 Å². The number of hydrogen-bond acceptors (Lipinski definition) is 5. The Hall–Kier alpha value is -0.890. The zero-order valence-electron chi connectivity index (χ0n) is 11.1. The number of aromatic nitrogens is 1. The molecule has 0 fully saturated rings. The second kappa shape index (κ2) is 7.04. The number of hydrogen-bond donors (Lipinski definition) is 2. The fourth-order valence-corrected chi connectivity index (χ4v) is 3.01. The molecule has 1 aromatic heterocycles. The fourth-order valence-electron chi connectivity index (χ4n) is 1.44. The summed E-state index contributed by atoms with van der Waals surface area (Å²) in [5.74, 6) is 0.438. The van der Waals surface area contributed by atoms with E-state index < -0.39 is 10.0 Å². The van der Waals surface area contributed by atoms with Crippen molar-refractivity contribution >= 4 is 27.4 Å². The van der Waals surface area contributed by atoms with E-state index in [1.165, 1.54) is 12.3 Å². The van der Waals surface area contributed by atoms with Gasteiger partial charge in [-0.3, -0.25) is 0 Å². The molecule has 6 nitrogen and oxygen atoms in total. The minimum Gasteiger partial charge on any atom is -0.385 e. The van der Waals surface area contributed by atoms with Crippen LogP contribution in [0.4, 0.5) is 5.82 Å². The van der Waals surface area contributed by atoms with Crippen molar-refractivity contribution in [3.63, 3.8) is 0 Å². The molecule has 0 saturated heterocycles. The van der Waals surface area contributed by atoms with Crippen molar-refractivity contribution in [1.82, 2.24) is 9.71 Å². The Kier molecular flexibility index (Phi) is 5.99. The zero-order chi connectivity index (χ0) is 14.5. The van der Waals surface area contributed by atoms with Gasteiger partial charge in [0.15, 0.2) is 0 Å². The first-order valence-corrected chi connectivity index (χ1v) is 7.61. The van der Waals surface area contributed by atoms with Crippen molar-refractivity contribution < 1.29 is 13.2 Å². The summed E-state index contributed by atoms with van der Waals surface area (Å²) >= 11 is 5.92. The van der Waals surface area contributed by atoms with Crippen LogP contribution in [0.1, 0.15) is 13.3 Å². The minimum absolute atomic E-state index is 0.0424. The molecule has 0 bridgehead atoms. The number of methoxy groups -OCH3 is 1. The summed E-state index contributed by atoms with van der Waals surface area (Å²) in [6, 6.07) is 1.14. The Labute approximate surface area is 118 Å². The summed E-state index contributed by atoms with van der Waals surface area (Å²) < 4.78 is 31.6. The van der Waals surface area contributed by atoms with Crippen LogP contribution in [0.5, 0.6) is 0 Å². The van der Waals surface area contributed by atoms with E-state index in [0.29, 0.717) is 18.8 Å². The highest BCUT2D eigenvalue weighted by Gasteiger charge is 2.19. The summed E-state index contributed by atoms with van der Waals surface area (Å²) in [5.41, 5.74) is 0. The second-order valence-corrected chi connectivity index (χ2v) is 6.18. The number of anilines is 1. The molecule has 0 aromatic carbocycles. The Morgan fingerprint density at radius 1 is 1.53 bits per heavy atom. The smallest absolute Gasteiger partial charge is 0.242 e. The molecule has 8 heteroatoms. The third kappa shape index (κ3) is 4.61. The third-order valence-corrected chi connectivity index (χ3v) is 4.32. The maximum Gasteiger partial charge on any atom is 0.242 e. The Morgan fingerprint density at radius 3 is 2.74 bits per heavy atom. The van der Waals surface area contributed by atoms with Gasteiger partial charge in [0.2, 0.25) is 10.0 Å². The average Bonchev–Trinajstić information content (AvgIpc) is 2.35. The summed E-state index contributed by atoms with van der Waals surface area (Å²) in [4.78, 5) is 3.99. The van der Waals surface area contributed by atoms with Crippen LogP contribution in [0.25, 0.3) is 0 Å². The van der Waals surface area contributed by atoms with Gasteiger partial charge in [0, 0.05) is 33.0 Å². The maximum atomic E-state index is 12.1. The standard InChI is InChI=1S/C11H18ClN3O3S/c1-8(4-5-18-3)15-19(16,17)9-6-10(12)11(13-2)14-7-9/h6-8,15H,4-5H2,1-3H3,(H,13,14). The molecular formula is C11H18ClN3O3S. The first kappa shape index (κ1) is 16.2. The van der Waals surface area contributed by atoms with Crippen LogP contribution < -0.4 is 10.0 Å². The van der Waals surface area contributed by atoms with Crippen LogP contribution in [0.15, 0.2) is 17.2 Å². The van der Waals surface area contributed by atoms with Crippen molar-refractivity contribution in [2.45, 2.75) is 24.3 Å². The first-order chi connectivity index (χ1) is 8.90. The molecule has 0 aliphatic carbocycles. The number of sulfonamides is 1. The van der Waals surface area contributed by atoms with E-state index in [1.54, 1.807) is 21.1 Å². The van der Waals surface area contributed by atoms with Gasteiger partial charge in [-0.1, -0.05) is 11.6 Å². The topological polar surface area (TPSA) is 80.3 Å². The monoisotopic (exact) mass is 307 g/mol. The highest BCUT2D eigenvalue weighted by atomic mass is 35.5. The normalized spacial score (nSPS) is 13.3. The van der Waals surface area contributed by atoms with Crippen LogP contribution in [0.3, 0.4) is 0 Å². The van der Waals surface area contributed by atoms with Crippen molar-refractivity contribution in [2.24, 2.45) is 0 Å². The Bertz CT molecular complexity index is 522. The van der Waals surface area contributed by atoms with Gasteiger partial charge in [0.05, 0.1) is 5.02 Å². The molecule has 0 spiro atoms. The van der Waals surface area contributed by atoms with Gasteiger partial charge in [-0.15, -0.1) is 0 Å². The quantitative estimate of drug-likeness (QED) is 0.797. The molecule has 1 aromatic rings. The van der Waals surface area contributed by atoms with Gasteiger partial charge in [0.25, 0.3) is 0 Å². The molecule has 0 radical (unpaired) electrons. The largest absolute Gasteiger partial charge is 0.385 e. The third-order valence-electron chi connectivity index (χ3n) is 2.47.